The standard InChI is InChI=1S/C63H57BN2OS/c1-36-29-46-48(62(6,7)27-25-60(46,2)3)34-51(36)65-56-40-20-13-12-19-39(40)31-44-43-30-37-17-10-11-18-38(37)32-52(43)66(50-23-16-22-42-41-21-14-15-24-53(41)67-58(42)50)64(55(44)56)59-57(65)45-33-47-49(35-54(45)68-59)63(8,9)28-26-61(47,4)5/h10-24,29-35H,25-28H2,1-9H3. The molecule has 4 heterocycles. The second kappa shape index (κ2) is 13.5. The zero-order valence-corrected chi connectivity index (χ0v) is 41.6. The third kappa shape index (κ3) is 5.43. The summed E-state index contributed by atoms with van der Waals surface area (Å²) in [5.41, 5.74) is 19.6. The maximum Gasteiger partial charge on any atom is 0.343 e. The largest absolute Gasteiger partial charge is 0.454 e. The van der Waals surface area contributed by atoms with Crippen molar-refractivity contribution in [2.24, 2.45) is 0 Å². The van der Waals surface area contributed by atoms with Crippen LogP contribution < -0.4 is 20.0 Å². The summed E-state index contributed by atoms with van der Waals surface area (Å²) in [6, 6.07) is 51.4. The topological polar surface area (TPSA) is 19.6 Å². The molecule has 8 aromatic carbocycles. The van der Waals surface area contributed by atoms with E-state index in [-0.39, 0.29) is 28.5 Å². The highest BCUT2D eigenvalue weighted by Gasteiger charge is 2.50. The van der Waals surface area contributed by atoms with Crippen molar-refractivity contribution >= 4 is 110 Å². The van der Waals surface area contributed by atoms with Crippen molar-refractivity contribution in [3.8, 4) is 11.1 Å². The maximum atomic E-state index is 7.05. The molecule has 14 rings (SSSR count). The van der Waals surface area contributed by atoms with Gasteiger partial charge in [-0.05, 0) is 158 Å². The number of fused-ring (bicyclic) bond motifs is 14. The van der Waals surface area contributed by atoms with Crippen LogP contribution in [0.5, 0.6) is 0 Å². The van der Waals surface area contributed by atoms with E-state index in [1.807, 2.05) is 11.3 Å². The maximum absolute atomic E-state index is 7.05. The molecule has 334 valence electrons. The summed E-state index contributed by atoms with van der Waals surface area (Å²) in [5, 5.41) is 8.67. The second-order valence-electron chi connectivity index (χ2n) is 23.4. The molecule has 0 radical (unpaired) electrons. The number of anilines is 5. The fraction of sp³-hybridized carbons (Fsp3) is 0.270. The van der Waals surface area contributed by atoms with E-state index >= 15 is 0 Å². The summed E-state index contributed by atoms with van der Waals surface area (Å²) in [6.45, 7) is 22.0. The van der Waals surface area contributed by atoms with Gasteiger partial charge in [-0.25, -0.2) is 0 Å². The van der Waals surface area contributed by atoms with Crippen LogP contribution in [-0.4, -0.2) is 6.85 Å². The fourth-order valence-electron chi connectivity index (χ4n) is 13.3. The molecule has 3 nitrogen and oxygen atoms in total. The summed E-state index contributed by atoms with van der Waals surface area (Å²) in [6.07, 6.45) is 4.70. The van der Waals surface area contributed by atoms with Gasteiger partial charge in [0.2, 0.25) is 0 Å². The Kier molecular flexibility index (Phi) is 8.08. The zero-order valence-electron chi connectivity index (χ0n) is 40.8. The Morgan fingerprint density at radius 3 is 1.78 bits per heavy atom. The van der Waals surface area contributed by atoms with Gasteiger partial charge in [-0.1, -0.05) is 140 Å². The highest BCUT2D eigenvalue weighted by atomic mass is 32.1. The molecule has 0 atom stereocenters. The second-order valence-corrected chi connectivity index (χ2v) is 24.5. The molecule has 5 heteroatoms. The first kappa shape index (κ1) is 40.7. The van der Waals surface area contributed by atoms with Gasteiger partial charge in [-0.2, -0.15) is 0 Å². The third-order valence-corrected chi connectivity index (χ3v) is 18.6. The Hall–Kier alpha value is -6.30. The molecule has 2 aliphatic heterocycles. The molecule has 0 N–H and O–H groups in total. The molecular weight excluding hydrogens is 844 g/mol. The monoisotopic (exact) mass is 900 g/mol. The van der Waals surface area contributed by atoms with Gasteiger partial charge in [-0.3, -0.25) is 0 Å². The third-order valence-electron chi connectivity index (χ3n) is 17.4. The van der Waals surface area contributed by atoms with Crippen LogP contribution in [0.3, 0.4) is 0 Å². The first-order chi connectivity index (χ1) is 32.6. The summed E-state index contributed by atoms with van der Waals surface area (Å²) < 4.78 is 9.79. The van der Waals surface area contributed by atoms with E-state index in [1.54, 1.807) is 0 Å². The Morgan fingerprint density at radius 1 is 0.485 bits per heavy atom. The molecule has 0 unspecified atom stereocenters. The van der Waals surface area contributed by atoms with Crippen LogP contribution in [0.1, 0.15) is 109 Å². The van der Waals surface area contributed by atoms with Crippen molar-refractivity contribution in [1.82, 2.24) is 0 Å². The highest BCUT2D eigenvalue weighted by molar-refractivity contribution is 7.32. The Labute approximate surface area is 404 Å². The summed E-state index contributed by atoms with van der Waals surface area (Å²) in [5.74, 6) is 0. The lowest BCUT2D eigenvalue weighted by Crippen LogP contribution is -2.60. The van der Waals surface area contributed by atoms with Gasteiger partial charge in [-0.15, -0.1) is 11.3 Å². The number of hydrogen-bond donors (Lipinski definition) is 0. The number of hydrogen-bond acceptors (Lipinski definition) is 4. The van der Waals surface area contributed by atoms with Gasteiger partial charge in [0.1, 0.15) is 5.58 Å². The van der Waals surface area contributed by atoms with Crippen LogP contribution >= 0.6 is 11.3 Å². The first-order valence-corrected chi connectivity index (χ1v) is 25.8. The predicted molar refractivity (Wildman–Crippen MR) is 293 cm³/mol. The van der Waals surface area contributed by atoms with Crippen molar-refractivity contribution in [2.75, 3.05) is 9.71 Å². The van der Waals surface area contributed by atoms with Crippen LogP contribution in [0.2, 0.25) is 0 Å². The molecule has 0 fully saturated rings. The van der Waals surface area contributed by atoms with Crippen LogP contribution in [0.25, 0.3) is 64.7 Å². The average molecular weight is 901 g/mol. The minimum absolute atomic E-state index is 0.0418. The van der Waals surface area contributed by atoms with Crippen molar-refractivity contribution in [3.63, 3.8) is 0 Å². The van der Waals surface area contributed by atoms with E-state index in [9.17, 15) is 0 Å². The number of aryl methyl sites for hydroxylation is 1. The van der Waals surface area contributed by atoms with Gasteiger partial charge >= 0.3 is 6.85 Å². The van der Waals surface area contributed by atoms with E-state index in [2.05, 4.69) is 205 Å². The molecular formula is C63H57BN2OS. The van der Waals surface area contributed by atoms with E-state index in [4.69, 9.17) is 4.42 Å². The molecule has 0 bridgehead atoms. The number of nitrogens with zero attached hydrogens (tertiary/aromatic N) is 2. The van der Waals surface area contributed by atoms with Crippen molar-refractivity contribution in [3.05, 3.63) is 161 Å². The number of para-hydroxylation sites is 2. The molecule has 68 heavy (non-hydrogen) atoms. The van der Waals surface area contributed by atoms with Gasteiger partial charge in [0.05, 0.1) is 17.1 Å². The van der Waals surface area contributed by atoms with Crippen molar-refractivity contribution in [1.29, 1.82) is 0 Å². The molecule has 2 aliphatic carbocycles. The number of thiophene rings is 1. The Balaban J connectivity index is 1.18. The predicted octanol–water partition coefficient (Wildman–Crippen LogP) is 16.8. The Morgan fingerprint density at radius 2 is 1.06 bits per heavy atom. The van der Waals surface area contributed by atoms with Gasteiger partial charge in [0.15, 0.2) is 5.58 Å². The lowest BCUT2D eigenvalue weighted by atomic mass is 9.46. The Bertz CT molecular complexity index is 3860. The number of benzene rings is 8. The quantitative estimate of drug-likeness (QED) is 0.161. The SMILES string of the molecule is Cc1cc2c(cc1N1c3c4c(cc5ccccc35)-c3cc5ccccc5cc3N(c3cccc5c3oc3ccccc35)B4c3sc4cc5c(cc4c31)C(C)(C)CCC5(C)C)C(C)(C)CCC2(C)C. The summed E-state index contributed by atoms with van der Waals surface area (Å²) in [7, 11) is 0. The zero-order chi connectivity index (χ0) is 46.4. The van der Waals surface area contributed by atoms with Crippen LogP contribution in [-0.2, 0) is 21.7 Å². The molecule has 0 saturated carbocycles. The van der Waals surface area contributed by atoms with Crippen molar-refractivity contribution < 1.29 is 4.42 Å². The van der Waals surface area contributed by atoms with Crippen molar-refractivity contribution in [2.45, 2.75) is 110 Å². The van der Waals surface area contributed by atoms with E-state index in [0.717, 1.165) is 34.0 Å². The van der Waals surface area contributed by atoms with Crippen LogP contribution in [0.4, 0.5) is 28.4 Å². The average Bonchev–Trinajstić information content (AvgIpc) is 3.90. The van der Waals surface area contributed by atoms with Gasteiger partial charge in [0, 0.05) is 48.0 Å². The molecule has 0 spiro atoms. The summed E-state index contributed by atoms with van der Waals surface area (Å²) >= 11 is 2.02. The lowest BCUT2D eigenvalue weighted by molar-refractivity contribution is 0.332. The molecule has 0 saturated heterocycles. The van der Waals surface area contributed by atoms with Crippen LogP contribution in [0.15, 0.2) is 138 Å². The lowest BCUT2D eigenvalue weighted by Gasteiger charge is -2.46. The van der Waals surface area contributed by atoms with E-state index < -0.39 is 0 Å². The van der Waals surface area contributed by atoms with Crippen LogP contribution in [0, 0.1) is 6.92 Å². The minimum Gasteiger partial charge on any atom is -0.454 e. The number of furan rings is 1. The normalized spacial score (nSPS) is 18.2. The van der Waals surface area contributed by atoms with Gasteiger partial charge in [0.25, 0.3) is 0 Å². The highest BCUT2D eigenvalue weighted by Crippen LogP contribution is 2.57. The summed E-state index contributed by atoms with van der Waals surface area (Å²) in [4.78, 5) is 5.47. The first-order valence-electron chi connectivity index (χ1n) is 25.0. The fourth-order valence-corrected chi connectivity index (χ4v) is 14.6. The van der Waals surface area contributed by atoms with E-state index in [1.165, 1.54) is 123 Å². The molecule has 2 aromatic heterocycles. The van der Waals surface area contributed by atoms with Gasteiger partial charge < -0.3 is 14.1 Å². The number of rotatable bonds is 2. The molecule has 4 aliphatic rings. The van der Waals surface area contributed by atoms with E-state index in [0.29, 0.717) is 0 Å². The molecule has 10 aromatic rings. The molecule has 0 amide bonds. The smallest absolute Gasteiger partial charge is 0.343 e. The minimum atomic E-state index is -0.146.